The van der Waals surface area contributed by atoms with E-state index in [4.69, 9.17) is 9.26 Å². The van der Waals surface area contributed by atoms with Gasteiger partial charge in [0.1, 0.15) is 23.6 Å². The van der Waals surface area contributed by atoms with Gasteiger partial charge in [-0.25, -0.2) is 0 Å². The van der Waals surface area contributed by atoms with Gasteiger partial charge in [0.15, 0.2) is 5.76 Å². The molecule has 0 spiro atoms. The molecule has 7 rings (SSSR count). The van der Waals surface area contributed by atoms with Gasteiger partial charge in [-0.15, -0.1) is 12.4 Å². The van der Waals surface area contributed by atoms with E-state index in [1.54, 1.807) is 0 Å². The zero-order valence-corrected chi connectivity index (χ0v) is 22.5. The molecule has 2 bridgehead atoms. The maximum atomic E-state index is 12.2. The molecule has 3 aliphatic heterocycles. The number of hydrogen-bond donors (Lipinski definition) is 1. The van der Waals surface area contributed by atoms with Crippen LogP contribution in [0, 0.1) is 17.8 Å². The number of benzene rings is 2. The Hall–Kier alpha value is -2.34. The Morgan fingerprint density at radius 3 is 2.30 bits per heavy atom. The molecule has 2 aromatic carbocycles. The van der Waals surface area contributed by atoms with Crippen molar-refractivity contribution in [1.29, 1.82) is 0 Å². The Balaban J connectivity index is 0.00000280. The first-order valence-electron chi connectivity index (χ1n) is 13.9. The highest BCUT2D eigenvalue weighted by Crippen LogP contribution is 2.44. The van der Waals surface area contributed by atoms with Gasteiger partial charge in [0.2, 0.25) is 0 Å². The lowest BCUT2D eigenvalue weighted by Gasteiger charge is -2.52. The summed E-state index contributed by atoms with van der Waals surface area (Å²) < 4.78 is 13.2. The minimum Gasteiger partial charge on any atom is -0.493 e. The topological polar surface area (TPSA) is 55.5 Å². The molecule has 1 saturated carbocycles. The fraction of sp³-hybridized carbons (Fsp3) is 0.516. The Morgan fingerprint density at radius 1 is 0.919 bits per heavy atom. The average Bonchev–Trinajstić information content (AvgIpc) is 3.42. The van der Waals surface area contributed by atoms with Crippen LogP contribution in [-0.4, -0.2) is 41.0 Å². The average molecular weight is 524 g/mol. The molecule has 5 nitrogen and oxygen atoms in total. The number of nitrogens with zero attached hydrogens (tertiary/aromatic N) is 2. The summed E-state index contributed by atoms with van der Waals surface area (Å²) in [6.07, 6.45) is 8.13. The van der Waals surface area contributed by atoms with Crippen LogP contribution in [0.3, 0.4) is 0 Å². The molecule has 0 radical (unpaired) electrons. The smallest absolute Gasteiger partial charge is 0.191 e. The molecular weight excluding hydrogens is 484 g/mol. The Bertz CT molecular complexity index is 1120. The van der Waals surface area contributed by atoms with Crippen molar-refractivity contribution in [2.24, 2.45) is 17.8 Å². The third-order valence-electron chi connectivity index (χ3n) is 9.29. The molecule has 6 heteroatoms. The zero-order chi connectivity index (χ0) is 24.4. The van der Waals surface area contributed by atoms with Gasteiger partial charge in [-0.05, 0) is 42.4 Å². The molecule has 198 valence electrons. The van der Waals surface area contributed by atoms with Gasteiger partial charge in [0.25, 0.3) is 0 Å². The number of piperidine rings is 3. The fourth-order valence-corrected chi connectivity index (χ4v) is 7.27. The van der Waals surface area contributed by atoms with Crippen molar-refractivity contribution in [2.75, 3.05) is 26.2 Å². The van der Waals surface area contributed by atoms with Crippen molar-refractivity contribution in [1.82, 2.24) is 5.16 Å². The molecule has 4 fully saturated rings. The maximum absolute atomic E-state index is 12.2. The molecule has 3 saturated heterocycles. The highest BCUT2D eigenvalue weighted by atomic mass is 35.5. The first-order chi connectivity index (χ1) is 17.6. The summed E-state index contributed by atoms with van der Waals surface area (Å²) in [4.78, 5) is 0. The molecular formula is C31H40ClN2O3+. The zero-order valence-electron chi connectivity index (χ0n) is 21.6. The van der Waals surface area contributed by atoms with E-state index in [2.05, 4.69) is 11.2 Å². The lowest BCUT2D eigenvalue weighted by Crippen LogP contribution is -2.62. The van der Waals surface area contributed by atoms with Crippen LogP contribution >= 0.6 is 12.4 Å². The van der Waals surface area contributed by atoms with Crippen LogP contribution < -0.4 is 4.74 Å². The number of quaternary nitrogens is 1. The molecule has 4 heterocycles. The lowest BCUT2D eigenvalue weighted by molar-refractivity contribution is -0.960. The number of aliphatic hydroxyl groups is 1. The highest BCUT2D eigenvalue weighted by molar-refractivity contribution is 5.85. The van der Waals surface area contributed by atoms with Crippen molar-refractivity contribution in [3.05, 3.63) is 83.7 Å². The second-order valence-electron chi connectivity index (χ2n) is 11.5. The molecule has 2 atom stereocenters. The van der Waals surface area contributed by atoms with E-state index in [0.29, 0.717) is 11.6 Å². The van der Waals surface area contributed by atoms with E-state index in [9.17, 15) is 5.11 Å². The summed E-state index contributed by atoms with van der Waals surface area (Å²) in [6, 6.07) is 22.4. The summed E-state index contributed by atoms with van der Waals surface area (Å²) in [5, 5.41) is 16.7. The standard InChI is InChI=1S/C31H39N2O3.ClH/c34-31(26-10-4-1-5-11-26,27-12-6-2-7-13-27)30-20-29(36-32-30)22-33-18-16-24(17-19-33)25(21-33)23-35-28-14-8-3-9-15-28;/h1,3-5,8-11,14-15,20,24-25,27,34H,2,6-7,12-13,16-19,21-23H2;1H/q+1;. The minimum absolute atomic E-state index is 0. The van der Waals surface area contributed by atoms with Crippen molar-refractivity contribution in [2.45, 2.75) is 57.1 Å². The number of hydrogen-bond acceptors (Lipinski definition) is 4. The fourth-order valence-electron chi connectivity index (χ4n) is 7.27. The molecule has 0 amide bonds. The molecule has 1 N–H and O–H groups in total. The van der Waals surface area contributed by atoms with Gasteiger partial charge in [-0.3, -0.25) is 0 Å². The van der Waals surface area contributed by atoms with Crippen LogP contribution in [0.4, 0.5) is 0 Å². The van der Waals surface area contributed by atoms with Crippen LogP contribution in [0.25, 0.3) is 0 Å². The van der Waals surface area contributed by atoms with Crippen LogP contribution in [0.5, 0.6) is 5.75 Å². The predicted molar refractivity (Wildman–Crippen MR) is 146 cm³/mol. The van der Waals surface area contributed by atoms with E-state index in [-0.39, 0.29) is 18.3 Å². The molecule has 3 aromatic rings. The summed E-state index contributed by atoms with van der Waals surface area (Å²) in [6.45, 7) is 5.13. The van der Waals surface area contributed by atoms with Crippen molar-refractivity contribution < 1.29 is 18.8 Å². The summed E-state index contributed by atoms with van der Waals surface area (Å²) >= 11 is 0. The largest absolute Gasteiger partial charge is 0.493 e. The SMILES string of the molecule is Cl.OC(c1ccccc1)(c1cc(C[N+]23CCC(CC2)C(COc2ccccc2)C3)on1)C1CCCCC1. The Morgan fingerprint density at radius 2 is 1.59 bits per heavy atom. The number of aromatic nitrogens is 1. The van der Waals surface area contributed by atoms with Gasteiger partial charge in [-0.1, -0.05) is 73.0 Å². The second-order valence-corrected chi connectivity index (χ2v) is 11.5. The van der Waals surface area contributed by atoms with Crippen molar-refractivity contribution >= 4 is 12.4 Å². The monoisotopic (exact) mass is 523 g/mol. The van der Waals surface area contributed by atoms with Crippen molar-refractivity contribution in [3.8, 4) is 5.75 Å². The summed E-state index contributed by atoms with van der Waals surface area (Å²) in [5.41, 5.74) is 0.523. The Kier molecular flexibility index (Phi) is 7.94. The van der Waals surface area contributed by atoms with Crippen LogP contribution in [0.2, 0.25) is 0 Å². The summed E-state index contributed by atoms with van der Waals surface area (Å²) in [7, 11) is 0. The van der Waals surface area contributed by atoms with Gasteiger partial charge in [0.05, 0.1) is 26.2 Å². The van der Waals surface area contributed by atoms with Crippen LogP contribution in [0.15, 0.2) is 71.3 Å². The quantitative estimate of drug-likeness (QED) is 0.350. The van der Waals surface area contributed by atoms with Gasteiger partial charge >= 0.3 is 0 Å². The molecule has 1 aliphatic carbocycles. The summed E-state index contributed by atoms with van der Waals surface area (Å²) in [5.74, 6) is 3.36. The first kappa shape index (κ1) is 26.3. The van der Waals surface area contributed by atoms with E-state index in [0.717, 1.165) is 72.9 Å². The molecule has 4 aliphatic rings. The third-order valence-corrected chi connectivity index (χ3v) is 9.29. The molecule has 37 heavy (non-hydrogen) atoms. The second kappa shape index (κ2) is 11.2. The number of halogens is 1. The number of ether oxygens (including phenoxy) is 1. The van der Waals surface area contributed by atoms with E-state index in [1.165, 1.54) is 32.4 Å². The van der Waals surface area contributed by atoms with E-state index in [1.807, 2.05) is 60.7 Å². The van der Waals surface area contributed by atoms with Crippen LogP contribution in [-0.2, 0) is 12.1 Å². The van der Waals surface area contributed by atoms with E-state index >= 15 is 0 Å². The predicted octanol–water partition coefficient (Wildman–Crippen LogP) is 6.35. The number of fused-ring (bicyclic) bond motifs is 3. The van der Waals surface area contributed by atoms with Gasteiger partial charge in [-0.2, -0.15) is 0 Å². The number of rotatable bonds is 8. The molecule has 1 aromatic heterocycles. The maximum Gasteiger partial charge on any atom is 0.191 e. The Labute approximate surface area is 226 Å². The highest BCUT2D eigenvalue weighted by Gasteiger charge is 2.48. The van der Waals surface area contributed by atoms with Gasteiger partial charge < -0.3 is 18.8 Å². The normalized spacial score (nSPS) is 27.3. The number of para-hydroxylation sites is 1. The minimum atomic E-state index is -1.09. The third kappa shape index (κ3) is 5.32. The van der Waals surface area contributed by atoms with Gasteiger partial charge in [0, 0.05) is 24.8 Å². The van der Waals surface area contributed by atoms with Crippen molar-refractivity contribution in [3.63, 3.8) is 0 Å². The lowest BCUT2D eigenvalue weighted by atomic mass is 9.71. The first-order valence-corrected chi connectivity index (χ1v) is 13.9. The van der Waals surface area contributed by atoms with E-state index < -0.39 is 5.60 Å². The van der Waals surface area contributed by atoms with Crippen LogP contribution in [0.1, 0.15) is 62.0 Å². The molecule has 2 unspecified atom stereocenters.